The molecule has 1 aliphatic rings. The Balaban J connectivity index is 2.00. The van der Waals surface area contributed by atoms with Crippen LogP contribution < -0.4 is 0 Å². The fraction of sp³-hybridized carbons (Fsp3) is 0.500. The number of aliphatic hydroxyl groups excluding tert-OH is 1. The summed E-state index contributed by atoms with van der Waals surface area (Å²) in [6.07, 6.45) is 1.40. The van der Waals surface area contributed by atoms with Crippen LogP contribution in [0.3, 0.4) is 0 Å². The van der Waals surface area contributed by atoms with Crippen LogP contribution in [0.25, 0.3) is 0 Å². The zero-order chi connectivity index (χ0) is 11.5. The largest absolute Gasteiger partial charge is 0.393 e. The summed E-state index contributed by atoms with van der Waals surface area (Å²) < 4.78 is 14.4. The van der Waals surface area contributed by atoms with E-state index in [0.29, 0.717) is 12.1 Å². The van der Waals surface area contributed by atoms with Gasteiger partial charge in [-0.1, -0.05) is 15.9 Å². The van der Waals surface area contributed by atoms with Gasteiger partial charge in [0.15, 0.2) is 0 Å². The van der Waals surface area contributed by atoms with Crippen molar-refractivity contribution < 1.29 is 9.50 Å². The second kappa shape index (κ2) is 5.25. The van der Waals surface area contributed by atoms with Crippen LogP contribution in [0.4, 0.5) is 4.39 Å². The van der Waals surface area contributed by atoms with E-state index in [2.05, 4.69) is 20.8 Å². The van der Waals surface area contributed by atoms with E-state index in [1.165, 1.54) is 6.07 Å². The lowest BCUT2D eigenvalue weighted by molar-refractivity contribution is 0.0787. The molecule has 0 atom stereocenters. The predicted molar refractivity (Wildman–Crippen MR) is 64.6 cm³/mol. The van der Waals surface area contributed by atoms with Crippen LogP contribution in [0.1, 0.15) is 18.4 Å². The molecular weight excluding hydrogens is 273 g/mol. The third-order valence-electron chi connectivity index (χ3n) is 2.96. The zero-order valence-corrected chi connectivity index (χ0v) is 10.6. The zero-order valence-electron chi connectivity index (χ0n) is 9.00. The molecular formula is C12H15BrFNO. The highest BCUT2D eigenvalue weighted by molar-refractivity contribution is 9.10. The topological polar surface area (TPSA) is 23.5 Å². The first-order chi connectivity index (χ1) is 7.65. The maximum Gasteiger partial charge on any atom is 0.127 e. The summed E-state index contributed by atoms with van der Waals surface area (Å²) in [5.41, 5.74) is 0.714. The molecule has 2 rings (SSSR count). The van der Waals surface area contributed by atoms with Gasteiger partial charge in [0.2, 0.25) is 0 Å². The molecule has 1 aromatic rings. The minimum atomic E-state index is -0.177. The lowest BCUT2D eigenvalue weighted by Gasteiger charge is -2.29. The number of hydrogen-bond acceptors (Lipinski definition) is 2. The Labute approximate surface area is 103 Å². The van der Waals surface area contributed by atoms with Gasteiger partial charge in [-0.3, -0.25) is 4.90 Å². The molecule has 1 fully saturated rings. The number of benzene rings is 1. The first kappa shape index (κ1) is 12.0. The molecule has 1 aromatic carbocycles. The number of hydrogen-bond donors (Lipinski definition) is 1. The molecule has 0 unspecified atom stereocenters. The first-order valence-electron chi connectivity index (χ1n) is 5.49. The molecule has 88 valence electrons. The van der Waals surface area contributed by atoms with Gasteiger partial charge in [0.05, 0.1) is 6.10 Å². The van der Waals surface area contributed by atoms with Crippen molar-refractivity contribution >= 4 is 15.9 Å². The fourth-order valence-corrected chi connectivity index (χ4v) is 2.39. The third-order valence-corrected chi connectivity index (χ3v) is 3.45. The van der Waals surface area contributed by atoms with Gasteiger partial charge in [-0.05, 0) is 31.0 Å². The summed E-state index contributed by atoms with van der Waals surface area (Å²) in [5, 5.41) is 9.38. The highest BCUT2D eigenvalue weighted by Gasteiger charge is 2.17. The highest BCUT2D eigenvalue weighted by atomic mass is 79.9. The van der Waals surface area contributed by atoms with Crippen molar-refractivity contribution in [2.24, 2.45) is 0 Å². The Kier molecular flexibility index (Phi) is 3.95. The number of likely N-dealkylation sites (tertiary alicyclic amines) is 1. The van der Waals surface area contributed by atoms with Crippen LogP contribution in [0.2, 0.25) is 0 Å². The first-order valence-corrected chi connectivity index (χ1v) is 6.29. The van der Waals surface area contributed by atoms with Gasteiger partial charge in [-0.2, -0.15) is 0 Å². The maximum atomic E-state index is 13.5. The molecule has 1 heterocycles. The summed E-state index contributed by atoms with van der Waals surface area (Å²) in [5.74, 6) is -0.158. The van der Waals surface area contributed by atoms with E-state index < -0.39 is 0 Å². The summed E-state index contributed by atoms with van der Waals surface area (Å²) in [7, 11) is 0. The van der Waals surface area contributed by atoms with Gasteiger partial charge in [0.25, 0.3) is 0 Å². The molecule has 16 heavy (non-hydrogen) atoms. The van der Waals surface area contributed by atoms with Crippen LogP contribution in [0, 0.1) is 5.82 Å². The van der Waals surface area contributed by atoms with E-state index in [0.717, 1.165) is 30.4 Å². The van der Waals surface area contributed by atoms with Gasteiger partial charge < -0.3 is 5.11 Å². The average Bonchev–Trinajstić information content (AvgIpc) is 2.27. The second-order valence-corrected chi connectivity index (χ2v) is 5.16. The Hall–Kier alpha value is -0.450. The quantitative estimate of drug-likeness (QED) is 0.904. The smallest absolute Gasteiger partial charge is 0.127 e. The molecule has 0 saturated carbocycles. The van der Waals surface area contributed by atoms with E-state index >= 15 is 0 Å². The van der Waals surface area contributed by atoms with Crippen molar-refractivity contribution in [2.45, 2.75) is 25.5 Å². The second-order valence-electron chi connectivity index (χ2n) is 4.24. The van der Waals surface area contributed by atoms with Crippen LogP contribution in [0.15, 0.2) is 22.7 Å². The van der Waals surface area contributed by atoms with E-state index in [1.807, 2.05) is 6.07 Å². The van der Waals surface area contributed by atoms with Crippen LogP contribution in [0.5, 0.6) is 0 Å². The summed E-state index contributed by atoms with van der Waals surface area (Å²) in [4.78, 5) is 2.18. The summed E-state index contributed by atoms with van der Waals surface area (Å²) in [6.45, 7) is 2.30. The third kappa shape index (κ3) is 3.03. The molecule has 4 heteroatoms. The molecule has 0 aliphatic carbocycles. The molecule has 0 spiro atoms. The molecule has 0 radical (unpaired) electrons. The van der Waals surface area contributed by atoms with E-state index in [4.69, 9.17) is 0 Å². The standard InChI is InChI=1S/C12H15BrFNO/c13-10-1-2-12(14)9(7-10)8-15-5-3-11(16)4-6-15/h1-2,7,11,16H,3-6,8H2. The predicted octanol–water partition coefficient (Wildman–Crippen LogP) is 2.54. The van der Waals surface area contributed by atoms with Crippen molar-refractivity contribution in [3.8, 4) is 0 Å². The molecule has 1 saturated heterocycles. The van der Waals surface area contributed by atoms with Crippen molar-refractivity contribution in [3.05, 3.63) is 34.1 Å². The molecule has 2 nitrogen and oxygen atoms in total. The van der Waals surface area contributed by atoms with E-state index in [9.17, 15) is 9.50 Å². The number of aliphatic hydroxyl groups is 1. The molecule has 1 N–H and O–H groups in total. The number of rotatable bonds is 2. The van der Waals surface area contributed by atoms with Gasteiger partial charge in [-0.15, -0.1) is 0 Å². The van der Waals surface area contributed by atoms with Crippen LogP contribution in [-0.4, -0.2) is 29.2 Å². The monoisotopic (exact) mass is 287 g/mol. The number of halogens is 2. The Bertz CT molecular complexity index is 364. The molecule has 1 aliphatic heterocycles. The number of nitrogens with zero attached hydrogens (tertiary/aromatic N) is 1. The van der Waals surface area contributed by atoms with Gasteiger partial charge >= 0.3 is 0 Å². The Morgan fingerprint density at radius 1 is 1.38 bits per heavy atom. The van der Waals surface area contributed by atoms with Crippen molar-refractivity contribution in [3.63, 3.8) is 0 Å². The normalized spacial score (nSPS) is 18.9. The lowest BCUT2D eigenvalue weighted by Crippen LogP contribution is -2.35. The Morgan fingerprint density at radius 2 is 2.06 bits per heavy atom. The van der Waals surface area contributed by atoms with Crippen molar-refractivity contribution in [2.75, 3.05) is 13.1 Å². The summed E-state index contributed by atoms with van der Waals surface area (Å²) >= 11 is 3.35. The van der Waals surface area contributed by atoms with E-state index in [-0.39, 0.29) is 11.9 Å². The SMILES string of the molecule is OC1CCN(Cc2cc(Br)ccc2F)CC1. The minimum absolute atomic E-state index is 0.158. The van der Waals surface area contributed by atoms with Gasteiger partial charge in [0.1, 0.15) is 5.82 Å². The molecule has 0 bridgehead atoms. The van der Waals surface area contributed by atoms with E-state index in [1.54, 1.807) is 6.07 Å². The Morgan fingerprint density at radius 3 is 2.75 bits per heavy atom. The highest BCUT2D eigenvalue weighted by Crippen LogP contribution is 2.19. The van der Waals surface area contributed by atoms with Crippen molar-refractivity contribution in [1.82, 2.24) is 4.90 Å². The minimum Gasteiger partial charge on any atom is -0.393 e. The van der Waals surface area contributed by atoms with Crippen LogP contribution >= 0.6 is 15.9 Å². The summed E-state index contributed by atoms with van der Waals surface area (Å²) in [6, 6.07) is 5.01. The van der Waals surface area contributed by atoms with Crippen molar-refractivity contribution in [1.29, 1.82) is 0 Å². The molecule has 0 amide bonds. The lowest BCUT2D eigenvalue weighted by atomic mass is 10.1. The maximum absolute atomic E-state index is 13.5. The number of piperidine rings is 1. The van der Waals surface area contributed by atoms with Gasteiger partial charge in [-0.25, -0.2) is 4.39 Å². The van der Waals surface area contributed by atoms with Crippen LogP contribution in [-0.2, 0) is 6.54 Å². The van der Waals surface area contributed by atoms with Gasteiger partial charge in [0, 0.05) is 29.7 Å². The average molecular weight is 288 g/mol. The fourth-order valence-electron chi connectivity index (χ4n) is 1.98. The molecule has 0 aromatic heterocycles.